The molecule has 0 atom stereocenters. The van der Waals surface area contributed by atoms with Gasteiger partial charge in [0.1, 0.15) is 0 Å². The SMILES string of the molecule is C=C(N)C(C)(C)Cc1ccc(I)cc1. The Morgan fingerprint density at radius 1 is 1.36 bits per heavy atom. The van der Waals surface area contributed by atoms with E-state index in [1.54, 1.807) is 0 Å². The van der Waals surface area contributed by atoms with Gasteiger partial charge in [-0.1, -0.05) is 32.6 Å². The maximum absolute atomic E-state index is 5.75. The van der Waals surface area contributed by atoms with Crippen LogP contribution >= 0.6 is 22.6 Å². The van der Waals surface area contributed by atoms with Gasteiger partial charge in [0, 0.05) is 14.7 Å². The third kappa shape index (κ3) is 3.01. The number of allylic oxidation sites excluding steroid dienone is 1. The number of nitrogens with two attached hydrogens (primary N) is 1. The molecule has 1 aromatic rings. The highest BCUT2D eigenvalue weighted by Gasteiger charge is 2.19. The lowest BCUT2D eigenvalue weighted by Gasteiger charge is -2.24. The predicted octanol–water partition coefficient (Wildman–Crippen LogP) is 3.33. The summed E-state index contributed by atoms with van der Waals surface area (Å²) in [6, 6.07) is 8.52. The van der Waals surface area contributed by atoms with Crippen LogP contribution in [0.1, 0.15) is 19.4 Å². The summed E-state index contributed by atoms with van der Waals surface area (Å²) in [6.45, 7) is 8.05. The molecule has 0 aliphatic carbocycles. The molecule has 76 valence electrons. The number of benzene rings is 1. The molecule has 0 aliphatic rings. The van der Waals surface area contributed by atoms with Crippen LogP contribution in [0, 0.1) is 8.99 Å². The Hall–Kier alpha value is -0.510. The zero-order chi connectivity index (χ0) is 10.8. The number of hydrogen-bond donors (Lipinski definition) is 1. The molecular formula is C12H16IN. The van der Waals surface area contributed by atoms with Crippen molar-refractivity contribution in [2.24, 2.45) is 11.1 Å². The summed E-state index contributed by atoms with van der Waals surface area (Å²) in [5, 5.41) is 0. The third-order valence-electron chi connectivity index (χ3n) is 2.43. The second kappa shape index (κ2) is 4.34. The molecule has 0 radical (unpaired) electrons. The van der Waals surface area contributed by atoms with E-state index in [4.69, 9.17) is 5.73 Å². The first-order chi connectivity index (χ1) is 6.42. The fourth-order valence-corrected chi connectivity index (χ4v) is 1.59. The quantitative estimate of drug-likeness (QED) is 0.852. The second-order valence-electron chi connectivity index (χ2n) is 4.21. The molecule has 0 aromatic heterocycles. The maximum atomic E-state index is 5.75. The number of hydrogen-bond acceptors (Lipinski definition) is 1. The van der Waals surface area contributed by atoms with E-state index in [-0.39, 0.29) is 5.41 Å². The Morgan fingerprint density at radius 3 is 2.29 bits per heavy atom. The smallest absolute Gasteiger partial charge is 0.0130 e. The monoisotopic (exact) mass is 301 g/mol. The van der Waals surface area contributed by atoms with E-state index in [0.29, 0.717) is 0 Å². The van der Waals surface area contributed by atoms with Gasteiger partial charge in [-0.25, -0.2) is 0 Å². The van der Waals surface area contributed by atoms with Gasteiger partial charge in [-0.3, -0.25) is 0 Å². The van der Waals surface area contributed by atoms with E-state index in [0.717, 1.165) is 12.1 Å². The Labute approximate surface area is 99.5 Å². The average molecular weight is 301 g/mol. The Bertz CT molecular complexity index is 325. The Balaban J connectivity index is 2.79. The van der Waals surface area contributed by atoms with Crippen LogP contribution in [0.15, 0.2) is 36.5 Å². The molecule has 0 heterocycles. The molecule has 1 nitrogen and oxygen atoms in total. The van der Waals surface area contributed by atoms with Crippen molar-refractivity contribution >= 4 is 22.6 Å². The van der Waals surface area contributed by atoms with Gasteiger partial charge in [-0.15, -0.1) is 0 Å². The van der Waals surface area contributed by atoms with Gasteiger partial charge in [0.25, 0.3) is 0 Å². The molecule has 0 amide bonds. The summed E-state index contributed by atoms with van der Waals surface area (Å²) >= 11 is 2.30. The van der Waals surface area contributed by atoms with Crippen LogP contribution in [0.5, 0.6) is 0 Å². The largest absolute Gasteiger partial charge is 0.402 e. The van der Waals surface area contributed by atoms with Crippen molar-refractivity contribution in [3.05, 3.63) is 45.7 Å². The van der Waals surface area contributed by atoms with Crippen LogP contribution in [0.4, 0.5) is 0 Å². The number of rotatable bonds is 3. The summed E-state index contributed by atoms with van der Waals surface area (Å²) in [5.74, 6) is 0. The first-order valence-corrected chi connectivity index (χ1v) is 5.69. The molecule has 0 spiro atoms. The second-order valence-corrected chi connectivity index (χ2v) is 5.46. The van der Waals surface area contributed by atoms with Crippen molar-refractivity contribution in [2.45, 2.75) is 20.3 Å². The predicted molar refractivity (Wildman–Crippen MR) is 70.0 cm³/mol. The minimum absolute atomic E-state index is 0.0210. The highest BCUT2D eigenvalue weighted by Crippen LogP contribution is 2.26. The molecule has 14 heavy (non-hydrogen) atoms. The highest BCUT2D eigenvalue weighted by molar-refractivity contribution is 14.1. The van der Waals surface area contributed by atoms with Gasteiger partial charge < -0.3 is 5.73 Å². The van der Waals surface area contributed by atoms with Gasteiger partial charge in [0.15, 0.2) is 0 Å². The minimum Gasteiger partial charge on any atom is -0.402 e. The summed E-state index contributed by atoms with van der Waals surface area (Å²) in [4.78, 5) is 0. The van der Waals surface area contributed by atoms with E-state index >= 15 is 0 Å². The molecule has 0 fully saturated rings. The van der Waals surface area contributed by atoms with Crippen LogP contribution in [-0.2, 0) is 6.42 Å². The van der Waals surface area contributed by atoms with Gasteiger partial charge in [-0.2, -0.15) is 0 Å². The standard InChI is InChI=1S/C12H16IN/c1-9(14)12(2,3)8-10-4-6-11(13)7-5-10/h4-7H,1,8,14H2,2-3H3. The lowest BCUT2D eigenvalue weighted by atomic mass is 9.83. The maximum Gasteiger partial charge on any atom is 0.0130 e. The molecule has 0 aliphatic heterocycles. The van der Waals surface area contributed by atoms with Crippen molar-refractivity contribution in [1.29, 1.82) is 0 Å². The van der Waals surface area contributed by atoms with E-state index in [2.05, 4.69) is 67.3 Å². The summed E-state index contributed by atoms with van der Waals surface area (Å²) in [5.41, 5.74) is 7.78. The zero-order valence-corrected chi connectivity index (χ0v) is 10.8. The van der Waals surface area contributed by atoms with Crippen molar-refractivity contribution in [3.8, 4) is 0 Å². The summed E-state index contributed by atoms with van der Waals surface area (Å²) in [6.07, 6.45) is 0.944. The fraction of sp³-hybridized carbons (Fsp3) is 0.333. The Kier molecular flexibility index (Phi) is 3.59. The molecule has 0 saturated carbocycles. The van der Waals surface area contributed by atoms with Crippen molar-refractivity contribution in [1.82, 2.24) is 0 Å². The van der Waals surface area contributed by atoms with Crippen LogP contribution in [0.3, 0.4) is 0 Å². The molecule has 0 saturated heterocycles. The molecule has 1 aromatic carbocycles. The van der Waals surface area contributed by atoms with E-state index in [9.17, 15) is 0 Å². The van der Waals surface area contributed by atoms with E-state index in [1.807, 2.05) is 0 Å². The molecule has 0 bridgehead atoms. The summed E-state index contributed by atoms with van der Waals surface area (Å²) in [7, 11) is 0. The van der Waals surface area contributed by atoms with Gasteiger partial charge in [0.05, 0.1) is 0 Å². The van der Waals surface area contributed by atoms with E-state index < -0.39 is 0 Å². The van der Waals surface area contributed by atoms with Crippen LogP contribution in [-0.4, -0.2) is 0 Å². The van der Waals surface area contributed by atoms with E-state index in [1.165, 1.54) is 9.13 Å². The zero-order valence-electron chi connectivity index (χ0n) is 8.68. The number of halogens is 1. The highest BCUT2D eigenvalue weighted by atomic mass is 127. The molecule has 2 heteroatoms. The van der Waals surface area contributed by atoms with Crippen molar-refractivity contribution in [2.75, 3.05) is 0 Å². The fourth-order valence-electron chi connectivity index (χ4n) is 1.23. The molecular weight excluding hydrogens is 285 g/mol. The summed E-state index contributed by atoms with van der Waals surface area (Å²) < 4.78 is 1.26. The first kappa shape index (κ1) is 11.6. The lowest BCUT2D eigenvalue weighted by molar-refractivity contribution is 0.440. The van der Waals surface area contributed by atoms with Crippen molar-refractivity contribution < 1.29 is 0 Å². The van der Waals surface area contributed by atoms with Crippen LogP contribution < -0.4 is 5.73 Å². The van der Waals surface area contributed by atoms with Crippen LogP contribution in [0.2, 0.25) is 0 Å². The van der Waals surface area contributed by atoms with Gasteiger partial charge in [-0.05, 0) is 46.7 Å². The topological polar surface area (TPSA) is 26.0 Å². The normalized spacial score (nSPS) is 11.4. The van der Waals surface area contributed by atoms with Crippen molar-refractivity contribution in [3.63, 3.8) is 0 Å². The molecule has 2 N–H and O–H groups in total. The average Bonchev–Trinajstić information content (AvgIpc) is 2.08. The van der Waals surface area contributed by atoms with Crippen LogP contribution in [0.25, 0.3) is 0 Å². The lowest BCUT2D eigenvalue weighted by Crippen LogP contribution is -2.22. The first-order valence-electron chi connectivity index (χ1n) is 4.61. The minimum atomic E-state index is -0.0210. The third-order valence-corrected chi connectivity index (χ3v) is 3.15. The molecule has 0 unspecified atom stereocenters. The Morgan fingerprint density at radius 2 is 1.86 bits per heavy atom. The van der Waals surface area contributed by atoms with Gasteiger partial charge >= 0.3 is 0 Å². The van der Waals surface area contributed by atoms with Gasteiger partial charge in [0.2, 0.25) is 0 Å². The molecule has 1 rings (SSSR count).